The van der Waals surface area contributed by atoms with E-state index in [4.69, 9.17) is 9.53 Å². The molecule has 0 N–H and O–H groups in total. The first-order valence-corrected chi connectivity index (χ1v) is 7.75. The van der Waals surface area contributed by atoms with Gasteiger partial charge in [-0.2, -0.15) is 0 Å². The highest BCUT2D eigenvalue weighted by molar-refractivity contribution is 5.75. The van der Waals surface area contributed by atoms with Gasteiger partial charge in [0.1, 0.15) is 12.9 Å². The molecule has 0 amide bonds. The molecule has 3 aliphatic rings. The summed E-state index contributed by atoms with van der Waals surface area (Å²) in [4.78, 5) is 19.7. The lowest BCUT2D eigenvalue weighted by molar-refractivity contribution is -0.144. The van der Waals surface area contributed by atoms with Gasteiger partial charge in [0.25, 0.3) is 0 Å². The Morgan fingerprint density at radius 3 is 2.16 bits per heavy atom. The molecule has 3 fully saturated rings. The molecular weight excluding hydrogens is 240 g/mol. The van der Waals surface area contributed by atoms with Crippen LogP contribution in [0.15, 0.2) is 0 Å². The lowest BCUT2D eigenvalue weighted by Gasteiger charge is -2.40. The number of carbonyl (C=O) groups excluding carboxylic acids is 2. The molecule has 2 saturated carbocycles. The number of ether oxygens (including phenoxy) is 1. The zero-order valence-corrected chi connectivity index (χ0v) is 12.6. The number of cyclic esters (lactones) is 1. The van der Waals surface area contributed by atoms with Crippen molar-refractivity contribution in [2.75, 3.05) is 0 Å². The topological polar surface area (TPSA) is 43.4 Å². The summed E-state index contributed by atoms with van der Waals surface area (Å²) < 4.78 is 5.38. The Morgan fingerprint density at radius 2 is 1.58 bits per heavy atom. The lowest BCUT2D eigenvalue weighted by atomic mass is 9.63. The fraction of sp³-hybridized carbons (Fsp3) is 0.875. The van der Waals surface area contributed by atoms with Crippen LogP contribution in [0.4, 0.5) is 0 Å². The van der Waals surface area contributed by atoms with Crippen molar-refractivity contribution in [3.05, 3.63) is 0 Å². The molecule has 5 atom stereocenters. The Kier molecular flexibility index (Phi) is 6.53. The van der Waals surface area contributed by atoms with E-state index in [-0.39, 0.29) is 18.0 Å². The molecule has 0 aromatic rings. The Bertz CT molecular complexity index is 290. The molecule has 0 spiro atoms. The zero-order valence-electron chi connectivity index (χ0n) is 12.6. The zero-order chi connectivity index (χ0) is 14.4. The van der Waals surface area contributed by atoms with E-state index in [9.17, 15) is 4.79 Å². The van der Waals surface area contributed by atoms with E-state index >= 15 is 0 Å². The van der Waals surface area contributed by atoms with Gasteiger partial charge in [0.05, 0.1) is 5.92 Å². The molecule has 3 rings (SSSR count). The van der Waals surface area contributed by atoms with Crippen LogP contribution < -0.4 is 0 Å². The maximum atomic E-state index is 11.7. The highest BCUT2D eigenvalue weighted by Gasteiger charge is 2.48. The molecule has 0 radical (unpaired) electrons. The molecule has 0 aromatic heterocycles. The van der Waals surface area contributed by atoms with Gasteiger partial charge >= 0.3 is 5.97 Å². The molecule has 110 valence electrons. The van der Waals surface area contributed by atoms with Crippen LogP contribution in [0.1, 0.15) is 59.3 Å². The largest absolute Gasteiger partial charge is 0.462 e. The Hall–Kier alpha value is -0.860. The molecule has 0 bridgehead atoms. The standard InChI is InChI=1S/C13H20O2.C2H6.CH2O/c1-8-11-6-9-4-2-3-5-10(9)7-12(11)13(14)15-8;2*1-2/h8-12H,2-7H2,1H3;1-2H3;1H2. The van der Waals surface area contributed by atoms with E-state index in [1.807, 2.05) is 20.6 Å². The second-order valence-corrected chi connectivity index (χ2v) is 5.69. The summed E-state index contributed by atoms with van der Waals surface area (Å²) in [7, 11) is 0. The number of rotatable bonds is 0. The average molecular weight is 268 g/mol. The van der Waals surface area contributed by atoms with Crippen molar-refractivity contribution >= 4 is 12.8 Å². The van der Waals surface area contributed by atoms with E-state index in [1.54, 1.807) is 0 Å². The molecule has 2 aliphatic carbocycles. The summed E-state index contributed by atoms with van der Waals surface area (Å²) in [6.45, 7) is 8.08. The third kappa shape index (κ3) is 3.37. The minimum absolute atomic E-state index is 0.0940. The monoisotopic (exact) mass is 268 g/mol. The third-order valence-electron chi connectivity index (χ3n) is 4.92. The number of fused-ring (bicyclic) bond motifs is 2. The number of esters is 1. The Balaban J connectivity index is 0.000000415. The van der Waals surface area contributed by atoms with Crippen LogP contribution in [0, 0.1) is 23.7 Å². The molecule has 1 aliphatic heterocycles. The maximum absolute atomic E-state index is 11.7. The van der Waals surface area contributed by atoms with Crippen LogP contribution in [0.25, 0.3) is 0 Å². The van der Waals surface area contributed by atoms with Crippen molar-refractivity contribution in [1.29, 1.82) is 0 Å². The minimum Gasteiger partial charge on any atom is -0.462 e. The first-order chi connectivity index (χ1) is 9.25. The fourth-order valence-corrected chi connectivity index (χ4v) is 4.07. The van der Waals surface area contributed by atoms with Crippen LogP contribution in [0.3, 0.4) is 0 Å². The molecule has 1 saturated heterocycles. The van der Waals surface area contributed by atoms with Crippen LogP contribution in [0.5, 0.6) is 0 Å². The summed E-state index contributed by atoms with van der Waals surface area (Å²) in [5.74, 6) is 2.61. The van der Waals surface area contributed by atoms with Gasteiger partial charge in [-0.15, -0.1) is 0 Å². The predicted molar refractivity (Wildman–Crippen MR) is 75.7 cm³/mol. The second kappa shape index (κ2) is 7.66. The summed E-state index contributed by atoms with van der Waals surface area (Å²) >= 11 is 0. The van der Waals surface area contributed by atoms with Crippen molar-refractivity contribution in [1.82, 2.24) is 0 Å². The number of carbonyl (C=O) groups is 2. The van der Waals surface area contributed by atoms with Crippen molar-refractivity contribution in [2.45, 2.75) is 65.4 Å². The number of hydrogen-bond acceptors (Lipinski definition) is 3. The molecule has 5 unspecified atom stereocenters. The van der Waals surface area contributed by atoms with Gasteiger partial charge in [0, 0.05) is 5.92 Å². The fourth-order valence-electron chi connectivity index (χ4n) is 4.07. The van der Waals surface area contributed by atoms with Gasteiger partial charge in [0.2, 0.25) is 0 Å². The highest BCUT2D eigenvalue weighted by Crippen LogP contribution is 2.49. The van der Waals surface area contributed by atoms with E-state index in [2.05, 4.69) is 6.92 Å². The highest BCUT2D eigenvalue weighted by atomic mass is 16.6. The molecular formula is C16H28O3. The summed E-state index contributed by atoms with van der Waals surface area (Å²) in [6, 6.07) is 0. The molecule has 3 heteroatoms. The summed E-state index contributed by atoms with van der Waals surface area (Å²) in [5.41, 5.74) is 0. The predicted octanol–water partition coefficient (Wildman–Crippen LogP) is 3.61. The van der Waals surface area contributed by atoms with Gasteiger partial charge in [-0.05, 0) is 31.6 Å². The average Bonchev–Trinajstić information content (AvgIpc) is 2.76. The Labute approximate surface area is 117 Å². The first kappa shape index (κ1) is 16.2. The Morgan fingerprint density at radius 1 is 1.05 bits per heavy atom. The van der Waals surface area contributed by atoms with Gasteiger partial charge < -0.3 is 9.53 Å². The SMILES string of the molecule is C=O.CC.CC1OC(=O)C2CC3CCCCC3CC12. The smallest absolute Gasteiger partial charge is 0.309 e. The summed E-state index contributed by atoms with van der Waals surface area (Å²) in [5, 5.41) is 0. The third-order valence-corrected chi connectivity index (χ3v) is 4.92. The van der Waals surface area contributed by atoms with Crippen LogP contribution in [0.2, 0.25) is 0 Å². The van der Waals surface area contributed by atoms with E-state index in [0.717, 1.165) is 18.3 Å². The van der Waals surface area contributed by atoms with E-state index < -0.39 is 0 Å². The van der Waals surface area contributed by atoms with Crippen LogP contribution in [-0.2, 0) is 14.3 Å². The first-order valence-electron chi connectivity index (χ1n) is 7.75. The van der Waals surface area contributed by atoms with Crippen molar-refractivity contribution in [2.24, 2.45) is 23.7 Å². The lowest BCUT2D eigenvalue weighted by Crippen LogP contribution is -2.35. The van der Waals surface area contributed by atoms with Crippen molar-refractivity contribution in [3.63, 3.8) is 0 Å². The molecule has 3 nitrogen and oxygen atoms in total. The van der Waals surface area contributed by atoms with E-state index in [1.165, 1.54) is 32.1 Å². The molecule has 0 aromatic carbocycles. The number of hydrogen-bond donors (Lipinski definition) is 0. The minimum atomic E-state index is 0.0940. The van der Waals surface area contributed by atoms with Crippen LogP contribution >= 0.6 is 0 Å². The van der Waals surface area contributed by atoms with Gasteiger partial charge in [-0.3, -0.25) is 4.79 Å². The second-order valence-electron chi connectivity index (χ2n) is 5.69. The molecule has 19 heavy (non-hydrogen) atoms. The van der Waals surface area contributed by atoms with Gasteiger partial charge in [-0.1, -0.05) is 39.5 Å². The summed E-state index contributed by atoms with van der Waals surface area (Å²) in [6.07, 6.45) is 8.10. The van der Waals surface area contributed by atoms with E-state index in [0.29, 0.717) is 5.92 Å². The molecule has 1 heterocycles. The van der Waals surface area contributed by atoms with Crippen molar-refractivity contribution < 1.29 is 14.3 Å². The normalized spacial score (nSPS) is 39.5. The van der Waals surface area contributed by atoms with Crippen LogP contribution in [-0.4, -0.2) is 18.9 Å². The maximum Gasteiger partial charge on any atom is 0.309 e. The quantitative estimate of drug-likeness (QED) is 0.630. The van der Waals surface area contributed by atoms with Gasteiger partial charge in [0.15, 0.2) is 0 Å². The van der Waals surface area contributed by atoms with Gasteiger partial charge in [-0.25, -0.2) is 0 Å². The van der Waals surface area contributed by atoms with Crippen molar-refractivity contribution in [3.8, 4) is 0 Å².